The highest BCUT2D eigenvalue weighted by Gasteiger charge is 1.80. The summed E-state index contributed by atoms with van der Waals surface area (Å²) in [5.74, 6) is 0.873. The van der Waals surface area contributed by atoms with Gasteiger partial charge in [0, 0.05) is 6.61 Å². The largest absolute Gasteiger partial charge is 0.480 e. The van der Waals surface area contributed by atoms with Gasteiger partial charge in [-0.05, 0) is 19.1 Å². The van der Waals surface area contributed by atoms with Crippen LogP contribution in [0, 0.1) is 0 Å². The van der Waals surface area contributed by atoms with Crippen molar-refractivity contribution in [2.24, 2.45) is 0 Å². The summed E-state index contributed by atoms with van der Waals surface area (Å²) in [4.78, 5) is 0. The third-order valence-electron chi connectivity index (χ3n) is 0.879. The fourth-order valence-corrected chi connectivity index (χ4v) is 0.656. The van der Waals surface area contributed by atoms with Crippen LogP contribution in [0.15, 0.2) is 30.3 Å². The molecular weight excluding hydrogens is 183 g/mol. The third-order valence-corrected chi connectivity index (χ3v) is 1.15. The zero-order valence-electron chi connectivity index (χ0n) is 8.53. The quantitative estimate of drug-likeness (QED) is 0.709. The van der Waals surface area contributed by atoms with E-state index >= 15 is 0 Å². The van der Waals surface area contributed by atoms with Crippen LogP contribution in [0.2, 0.25) is 0 Å². The van der Waals surface area contributed by atoms with E-state index in [2.05, 4.69) is 9.47 Å². The summed E-state index contributed by atoms with van der Waals surface area (Å²) in [5.41, 5.74) is 0. The molecule has 0 aliphatic carbocycles. The van der Waals surface area contributed by atoms with Gasteiger partial charge in [-0.3, -0.25) is 0 Å². The lowest BCUT2D eigenvalue weighted by Gasteiger charge is -1.93. The molecule has 0 fully saturated rings. The Hall–Kier alpha value is -0.590. The molecule has 2 nitrogen and oxygen atoms in total. The van der Waals surface area contributed by atoms with Gasteiger partial charge in [0.05, 0.1) is 9.47 Å². The van der Waals surface area contributed by atoms with Crippen LogP contribution < -0.4 is 4.52 Å². The van der Waals surface area contributed by atoms with Gasteiger partial charge < -0.3 is 9.63 Å². The highest BCUT2D eigenvalue weighted by molar-refractivity contribution is 7.10. The SMILES string of the molecule is CC.CCO.POc1ccccc1. The second kappa shape index (κ2) is 14.0. The first kappa shape index (κ1) is 14.9. The highest BCUT2D eigenvalue weighted by atomic mass is 31.0. The minimum atomic E-state index is 0.250. The van der Waals surface area contributed by atoms with E-state index in [-0.39, 0.29) is 6.61 Å². The molecule has 0 radical (unpaired) electrons. The molecule has 1 aromatic carbocycles. The van der Waals surface area contributed by atoms with Crippen molar-refractivity contribution < 1.29 is 9.63 Å². The minimum Gasteiger partial charge on any atom is -0.480 e. The molecule has 1 N–H and O–H groups in total. The molecular formula is C10H19O2P. The molecule has 0 aliphatic rings. The number of aliphatic hydroxyl groups excluding tert-OH is 1. The molecule has 76 valence electrons. The van der Waals surface area contributed by atoms with Gasteiger partial charge in [-0.1, -0.05) is 32.0 Å². The maximum atomic E-state index is 7.57. The Balaban J connectivity index is 0. The summed E-state index contributed by atoms with van der Waals surface area (Å²) in [6, 6.07) is 9.60. The Kier molecular flexibility index (Phi) is 16.0. The summed E-state index contributed by atoms with van der Waals surface area (Å²) in [5, 5.41) is 7.57. The Labute approximate surface area is 83.2 Å². The van der Waals surface area contributed by atoms with E-state index in [1.165, 1.54) is 0 Å². The number of aliphatic hydroxyl groups is 1. The molecule has 0 saturated carbocycles. The van der Waals surface area contributed by atoms with E-state index in [1.54, 1.807) is 6.92 Å². The lowest BCUT2D eigenvalue weighted by molar-refractivity contribution is 0.318. The Bertz CT molecular complexity index is 166. The van der Waals surface area contributed by atoms with Crippen molar-refractivity contribution in [2.45, 2.75) is 20.8 Å². The summed E-state index contributed by atoms with van der Waals surface area (Å²) in [6.07, 6.45) is 0. The van der Waals surface area contributed by atoms with Gasteiger partial charge in [0.1, 0.15) is 5.75 Å². The smallest absolute Gasteiger partial charge is 0.122 e. The molecule has 0 saturated heterocycles. The van der Waals surface area contributed by atoms with Gasteiger partial charge in [0.2, 0.25) is 0 Å². The van der Waals surface area contributed by atoms with Crippen LogP contribution in [0.3, 0.4) is 0 Å². The molecule has 1 aromatic rings. The van der Waals surface area contributed by atoms with Crippen molar-refractivity contribution in [2.75, 3.05) is 6.61 Å². The highest BCUT2D eigenvalue weighted by Crippen LogP contribution is 2.09. The third kappa shape index (κ3) is 11.4. The zero-order valence-corrected chi connectivity index (χ0v) is 9.68. The first-order valence-corrected chi connectivity index (χ1v) is 4.85. The number of benzene rings is 1. The van der Waals surface area contributed by atoms with Crippen LogP contribution in [0.4, 0.5) is 0 Å². The van der Waals surface area contributed by atoms with Crippen molar-refractivity contribution in [3.8, 4) is 5.75 Å². The number of rotatable bonds is 1. The van der Waals surface area contributed by atoms with Crippen LogP contribution in [-0.2, 0) is 0 Å². The molecule has 0 aromatic heterocycles. The molecule has 0 bridgehead atoms. The maximum Gasteiger partial charge on any atom is 0.122 e. The molecule has 0 heterocycles. The standard InChI is InChI=1S/C6H7OP.C2H6O.C2H6/c8-7-6-4-2-1-3-5-6;1-2-3;1-2/h1-5H,8H2;3H,2H2,1H3;1-2H3. The molecule has 1 unspecified atom stereocenters. The minimum absolute atomic E-state index is 0.250. The lowest BCUT2D eigenvalue weighted by Crippen LogP contribution is -1.68. The van der Waals surface area contributed by atoms with Gasteiger partial charge in [-0.25, -0.2) is 0 Å². The van der Waals surface area contributed by atoms with E-state index in [0.717, 1.165) is 5.75 Å². The van der Waals surface area contributed by atoms with Crippen molar-refractivity contribution >= 4 is 9.47 Å². The topological polar surface area (TPSA) is 29.5 Å². The summed E-state index contributed by atoms with van der Waals surface area (Å²) >= 11 is 0. The van der Waals surface area contributed by atoms with E-state index in [4.69, 9.17) is 9.63 Å². The van der Waals surface area contributed by atoms with E-state index in [9.17, 15) is 0 Å². The fraction of sp³-hybridized carbons (Fsp3) is 0.400. The first-order valence-electron chi connectivity index (χ1n) is 4.37. The van der Waals surface area contributed by atoms with Crippen LogP contribution >= 0.6 is 9.47 Å². The van der Waals surface area contributed by atoms with Crippen LogP contribution in [0.1, 0.15) is 20.8 Å². The van der Waals surface area contributed by atoms with Crippen molar-refractivity contribution in [3.63, 3.8) is 0 Å². The molecule has 0 spiro atoms. The Morgan fingerprint density at radius 3 is 1.85 bits per heavy atom. The monoisotopic (exact) mass is 202 g/mol. The molecule has 0 amide bonds. The van der Waals surface area contributed by atoms with Crippen molar-refractivity contribution in [3.05, 3.63) is 30.3 Å². The maximum absolute atomic E-state index is 7.57. The number of hydrogen-bond acceptors (Lipinski definition) is 2. The molecule has 13 heavy (non-hydrogen) atoms. The molecule has 0 aliphatic heterocycles. The van der Waals surface area contributed by atoms with E-state index in [0.29, 0.717) is 0 Å². The zero-order chi connectivity index (χ0) is 10.5. The summed E-state index contributed by atoms with van der Waals surface area (Å²) < 4.78 is 4.83. The summed E-state index contributed by atoms with van der Waals surface area (Å²) in [7, 11) is 2.19. The van der Waals surface area contributed by atoms with Gasteiger partial charge in [0.15, 0.2) is 0 Å². The van der Waals surface area contributed by atoms with Gasteiger partial charge >= 0.3 is 0 Å². The Morgan fingerprint density at radius 2 is 1.62 bits per heavy atom. The molecule has 3 heteroatoms. The Morgan fingerprint density at radius 1 is 1.23 bits per heavy atom. The normalized spacial score (nSPS) is 7.15. The lowest BCUT2D eigenvalue weighted by atomic mass is 10.3. The van der Waals surface area contributed by atoms with E-state index < -0.39 is 0 Å². The average molecular weight is 202 g/mol. The second-order valence-corrected chi connectivity index (χ2v) is 1.98. The predicted molar refractivity (Wildman–Crippen MR) is 60.9 cm³/mol. The van der Waals surface area contributed by atoms with Crippen molar-refractivity contribution in [1.29, 1.82) is 0 Å². The molecule has 1 rings (SSSR count). The predicted octanol–water partition coefficient (Wildman–Crippen LogP) is 2.88. The number of para-hydroxylation sites is 1. The molecule has 1 atom stereocenters. The average Bonchev–Trinajstić information content (AvgIpc) is 2.23. The van der Waals surface area contributed by atoms with Crippen LogP contribution in [-0.4, -0.2) is 11.7 Å². The van der Waals surface area contributed by atoms with Crippen LogP contribution in [0.5, 0.6) is 5.75 Å². The fourth-order valence-electron chi connectivity index (χ4n) is 0.499. The van der Waals surface area contributed by atoms with Gasteiger partial charge in [-0.2, -0.15) is 0 Å². The van der Waals surface area contributed by atoms with Crippen molar-refractivity contribution in [1.82, 2.24) is 0 Å². The van der Waals surface area contributed by atoms with E-state index in [1.807, 2.05) is 44.2 Å². The van der Waals surface area contributed by atoms with Crippen LogP contribution in [0.25, 0.3) is 0 Å². The second-order valence-electron chi connectivity index (χ2n) is 1.75. The van der Waals surface area contributed by atoms with Gasteiger partial charge in [0.25, 0.3) is 0 Å². The van der Waals surface area contributed by atoms with Gasteiger partial charge in [-0.15, -0.1) is 0 Å². The summed E-state index contributed by atoms with van der Waals surface area (Å²) in [6.45, 7) is 5.93. The number of hydrogen-bond donors (Lipinski definition) is 1. The first-order chi connectivity index (χ1) is 6.35.